The standard InChI is InChI=1S/C19H15N5O4S2.ClH/c20-30(27,28)14-3-1-13(2-4-14)23-17(25)15-10-29-18-16(15)19(26)24(11-22-18)9-12-5-7-21-8-6-12;/h1-8,10-11H,9H2,(H,23,25)(H2,20,27,28);1H. The van der Waals surface area contributed by atoms with Crippen molar-refractivity contribution in [3.05, 3.63) is 82.0 Å². The van der Waals surface area contributed by atoms with Crippen molar-refractivity contribution in [1.29, 1.82) is 0 Å². The van der Waals surface area contributed by atoms with E-state index in [1.54, 1.807) is 29.9 Å². The van der Waals surface area contributed by atoms with Gasteiger partial charge in [0.1, 0.15) is 4.83 Å². The molecule has 1 amide bonds. The fourth-order valence-electron chi connectivity index (χ4n) is 2.86. The zero-order valence-corrected chi connectivity index (χ0v) is 18.2. The number of nitrogens with one attached hydrogen (secondary N) is 1. The SMILES string of the molecule is Cl.NS(=O)(=O)c1ccc(NC(=O)c2csc3ncn(Cc4ccncc4)c(=O)c23)cc1. The molecule has 0 radical (unpaired) electrons. The van der Waals surface area contributed by atoms with Crippen LogP contribution < -0.4 is 16.0 Å². The molecule has 160 valence electrons. The van der Waals surface area contributed by atoms with E-state index >= 15 is 0 Å². The van der Waals surface area contributed by atoms with Crippen molar-refractivity contribution in [3.8, 4) is 0 Å². The monoisotopic (exact) mass is 477 g/mol. The molecule has 4 rings (SSSR count). The highest BCUT2D eigenvalue weighted by molar-refractivity contribution is 7.89. The largest absolute Gasteiger partial charge is 0.322 e. The highest BCUT2D eigenvalue weighted by Crippen LogP contribution is 2.22. The fourth-order valence-corrected chi connectivity index (χ4v) is 4.25. The van der Waals surface area contributed by atoms with Gasteiger partial charge in [-0.3, -0.25) is 19.1 Å². The van der Waals surface area contributed by atoms with Crippen molar-refractivity contribution >= 4 is 55.6 Å². The number of rotatable bonds is 5. The zero-order valence-electron chi connectivity index (χ0n) is 15.8. The molecule has 31 heavy (non-hydrogen) atoms. The summed E-state index contributed by atoms with van der Waals surface area (Å²) in [5.74, 6) is -0.495. The van der Waals surface area contributed by atoms with Crippen molar-refractivity contribution < 1.29 is 13.2 Å². The molecule has 0 unspecified atom stereocenters. The van der Waals surface area contributed by atoms with Crippen LogP contribution in [0.4, 0.5) is 5.69 Å². The predicted octanol–water partition coefficient (Wildman–Crippen LogP) is 2.22. The van der Waals surface area contributed by atoms with Crippen LogP contribution in [0.5, 0.6) is 0 Å². The van der Waals surface area contributed by atoms with Crippen LogP contribution in [0.2, 0.25) is 0 Å². The van der Waals surface area contributed by atoms with Crippen molar-refractivity contribution in [2.24, 2.45) is 5.14 Å². The summed E-state index contributed by atoms with van der Waals surface area (Å²) in [5.41, 5.74) is 1.12. The smallest absolute Gasteiger partial charge is 0.263 e. The summed E-state index contributed by atoms with van der Waals surface area (Å²) in [5, 5.41) is 9.54. The Morgan fingerprint density at radius 2 is 1.81 bits per heavy atom. The van der Waals surface area contributed by atoms with Gasteiger partial charge in [-0.15, -0.1) is 23.7 Å². The Morgan fingerprint density at radius 1 is 1.13 bits per heavy atom. The lowest BCUT2D eigenvalue weighted by molar-refractivity contribution is 0.102. The third-order valence-electron chi connectivity index (χ3n) is 4.35. The lowest BCUT2D eigenvalue weighted by Gasteiger charge is -2.07. The second-order valence-electron chi connectivity index (χ2n) is 6.39. The van der Waals surface area contributed by atoms with Crippen molar-refractivity contribution in [3.63, 3.8) is 0 Å². The third kappa shape index (κ3) is 4.80. The molecule has 12 heteroatoms. The van der Waals surface area contributed by atoms with E-state index in [1.165, 1.54) is 46.5 Å². The number of benzene rings is 1. The highest BCUT2D eigenvalue weighted by Gasteiger charge is 2.18. The molecule has 0 aliphatic heterocycles. The van der Waals surface area contributed by atoms with Gasteiger partial charge in [-0.2, -0.15) is 0 Å². The van der Waals surface area contributed by atoms with Crippen LogP contribution in [-0.2, 0) is 16.6 Å². The number of anilines is 1. The van der Waals surface area contributed by atoms with E-state index in [1.807, 2.05) is 0 Å². The fraction of sp³-hybridized carbons (Fsp3) is 0.0526. The Hall–Kier alpha value is -3.12. The number of thiophene rings is 1. The number of primary sulfonamides is 1. The Bertz CT molecular complexity index is 1400. The molecule has 3 aromatic heterocycles. The minimum atomic E-state index is -3.82. The maximum atomic E-state index is 13.0. The first-order chi connectivity index (χ1) is 14.3. The molecule has 0 fully saturated rings. The number of amides is 1. The van der Waals surface area contributed by atoms with E-state index in [0.717, 1.165) is 5.56 Å². The van der Waals surface area contributed by atoms with Crippen LogP contribution in [0.25, 0.3) is 10.2 Å². The number of nitrogens with two attached hydrogens (primary N) is 1. The van der Waals surface area contributed by atoms with Crippen LogP contribution >= 0.6 is 23.7 Å². The summed E-state index contributed by atoms with van der Waals surface area (Å²) in [6.07, 6.45) is 4.73. The van der Waals surface area contributed by atoms with E-state index in [9.17, 15) is 18.0 Å². The quantitative estimate of drug-likeness (QED) is 0.452. The first-order valence-electron chi connectivity index (χ1n) is 8.63. The Morgan fingerprint density at radius 3 is 2.45 bits per heavy atom. The number of carbonyl (C=O) groups is 1. The van der Waals surface area contributed by atoms with Gasteiger partial charge in [0.2, 0.25) is 10.0 Å². The molecule has 0 atom stereocenters. The lowest BCUT2D eigenvalue weighted by Crippen LogP contribution is -2.23. The number of sulfonamides is 1. The molecule has 0 saturated heterocycles. The van der Waals surface area contributed by atoms with E-state index < -0.39 is 15.9 Å². The van der Waals surface area contributed by atoms with E-state index in [2.05, 4.69) is 15.3 Å². The number of halogens is 1. The summed E-state index contributed by atoms with van der Waals surface area (Å²) in [6, 6.07) is 9.02. The molecule has 0 aliphatic carbocycles. The Kier molecular flexibility index (Phi) is 6.51. The summed E-state index contributed by atoms with van der Waals surface area (Å²) in [6.45, 7) is 0.302. The summed E-state index contributed by atoms with van der Waals surface area (Å²) < 4.78 is 24.1. The predicted molar refractivity (Wildman–Crippen MR) is 120 cm³/mol. The van der Waals surface area contributed by atoms with E-state index in [0.29, 0.717) is 17.1 Å². The maximum Gasteiger partial charge on any atom is 0.263 e. The highest BCUT2D eigenvalue weighted by atomic mass is 35.5. The normalized spacial score (nSPS) is 11.1. The third-order valence-corrected chi connectivity index (χ3v) is 6.16. The molecule has 3 heterocycles. The van der Waals surface area contributed by atoms with Crippen LogP contribution in [0.3, 0.4) is 0 Å². The number of hydrogen-bond acceptors (Lipinski definition) is 7. The first-order valence-corrected chi connectivity index (χ1v) is 11.1. The topological polar surface area (TPSA) is 137 Å². The molecule has 9 nitrogen and oxygen atoms in total. The molecule has 0 saturated carbocycles. The van der Waals surface area contributed by atoms with Gasteiger partial charge >= 0.3 is 0 Å². The number of fused-ring (bicyclic) bond motifs is 1. The average molecular weight is 478 g/mol. The molecule has 0 spiro atoms. The summed E-state index contributed by atoms with van der Waals surface area (Å²) in [7, 11) is -3.82. The Balaban J connectivity index is 0.00000272. The number of hydrogen-bond donors (Lipinski definition) is 2. The minimum Gasteiger partial charge on any atom is -0.322 e. The number of aromatic nitrogens is 3. The van der Waals surface area contributed by atoms with E-state index in [4.69, 9.17) is 5.14 Å². The molecule has 3 N–H and O–H groups in total. The number of nitrogens with zero attached hydrogens (tertiary/aromatic N) is 3. The summed E-state index contributed by atoms with van der Waals surface area (Å²) >= 11 is 1.20. The molecular weight excluding hydrogens is 462 g/mol. The van der Waals surface area contributed by atoms with Gasteiger partial charge < -0.3 is 5.32 Å². The van der Waals surface area contributed by atoms with Gasteiger partial charge in [0, 0.05) is 23.5 Å². The number of carbonyl (C=O) groups excluding carboxylic acids is 1. The first kappa shape index (κ1) is 22.6. The zero-order chi connectivity index (χ0) is 21.3. The van der Waals surface area contributed by atoms with Gasteiger partial charge in [0.05, 0.1) is 28.7 Å². The van der Waals surface area contributed by atoms with Crippen molar-refractivity contribution in [2.75, 3.05) is 5.32 Å². The molecule has 4 aromatic rings. The molecule has 1 aromatic carbocycles. The van der Waals surface area contributed by atoms with Crippen molar-refractivity contribution in [2.45, 2.75) is 11.4 Å². The van der Waals surface area contributed by atoms with Gasteiger partial charge in [0.25, 0.3) is 11.5 Å². The van der Waals surface area contributed by atoms with Crippen molar-refractivity contribution in [1.82, 2.24) is 14.5 Å². The number of pyridine rings is 1. The Labute approximate surface area is 187 Å². The van der Waals surface area contributed by atoms with Crippen LogP contribution in [-0.4, -0.2) is 28.9 Å². The second-order valence-corrected chi connectivity index (χ2v) is 8.81. The summed E-state index contributed by atoms with van der Waals surface area (Å²) in [4.78, 5) is 34.4. The minimum absolute atomic E-state index is 0. The maximum absolute atomic E-state index is 13.0. The van der Waals surface area contributed by atoms with Gasteiger partial charge in [-0.25, -0.2) is 18.5 Å². The van der Waals surface area contributed by atoms with Gasteiger partial charge in [0.15, 0.2) is 0 Å². The van der Waals surface area contributed by atoms with Gasteiger partial charge in [-0.05, 0) is 42.0 Å². The van der Waals surface area contributed by atoms with Gasteiger partial charge in [-0.1, -0.05) is 0 Å². The van der Waals surface area contributed by atoms with E-state index in [-0.39, 0.29) is 33.8 Å². The van der Waals surface area contributed by atoms with Crippen LogP contribution in [0, 0.1) is 0 Å². The lowest BCUT2D eigenvalue weighted by atomic mass is 10.2. The van der Waals surface area contributed by atoms with Crippen LogP contribution in [0.15, 0.2) is 70.2 Å². The molecule has 0 bridgehead atoms. The molecular formula is C19H16ClN5O4S2. The molecule has 0 aliphatic rings. The van der Waals surface area contributed by atoms with Crippen LogP contribution in [0.1, 0.15) is 15.9 Å². The second kappa shape index (κ2) is 8.94. The average Bonchev–Trinajstić information content (AvgIpc) is 3.16.